The number of benzene rings is 1. The average Bonchev–Trinajstić information content (AvgIpc) is 2.51. The van der Waals surface area contributed by atoms with Crippen molar-refractivity contribution >= 4 is 5.97 Å². The Bertz CT molecular complexity index is 534. The fourth-order valence-electron chi connectivity index (χ4n) is 3.74. The molecule has 4 atom stereocenters. The maximum absolute atomic E-state index is 12.2. The Morgan fingerprint density at radius 1 is 1.30 bits per heavy atom. The highest BCUT2D eigenvalue weighted by molar-refractivity contribution is 5.69. The lowest BCUT2D eigenvalue weighted by atomic mass is 9.67. The van der Waals surface area contributed by atoms with Gasteiger partial charge in [0, 0.05) is 24.3 Å². The van der Waals surface area contributed by atoms with Gasteiger partial charge in [-0.15, -0.1) is 0 Å². The van der Waals surface area contributed by atoms with Crippen LogP contribution in [-0.2, 0) is 15.1 Å². The van der Waals surface area contributed by atoms with Gasteiger partial charge in [-0.05, 0) is 12.3 Å². The van der Waals surface area contributed by atoms with E-state index in [1.54, 1.807) is 0 Å². The van der Waals surface area contributed by atoms with Gasteiger partial charge in [0.2, 0.25) is 0 Å². The summed E-state index contributed by atoms with van der Waals surface area (Å²) < 4.78 is 6.16. The number of piperidine rings is 1. The molecule has 1 saturated heterocycles. The zero-order valence-electron chi connectivity index (χ0n) is 15.5. The van der Waals surface area contributed by atoms with Crippen molar-refractivity contribution in [2.45, 2.75) is 59.1 Å². The zero-order valence-corrected chi connectivity index (χ0v) is 15.5. The second-order valence-corrected chi connectivity index (χ2v) is 8.12. The van der Waals surface area contributed by atoms with Crippen LogP contribution >= 0.6 is 0 Å². The number of hydrogen-bond acceptors (Lipinski definition) is 2. The van der Waals surface area contributed by atoms with E-state index >= 15 is 0 Å². The summed E-state index contributed by atoms with van der Waals surface area (Å²) in [6.45, 7) is 12.1. The minimum absolute atomic E-state index is 0.108. The largest absolute Gasteiger partial charge is 0.448 e. The average molecular weight is 318 g/mol. The molecule has 1 aromatic rings. The first-order chi connectivity index (χ1) is 10.7. The molecule has 0 bridgehead atoms. The smallest absolute Gasteiger partial charge is 0.306 e. The quantitative estimate of drug-likeness (QED) is 0.869. The molecule has 2 rings (SSSR count). The van der Waals surface area contributed by atoms with Crippen LogP contribution in [0.15, 0.2) is 30.3 Å². The van der Waals surface area contributed by atoms with E-state index in [1.165, 1.54) is 4.90 Å². The summed E-state index contributed by atoms with van der Waals surface area (Å²) in [5.41, 5.74) is 0.789. The van der Waals surface area contributed by atoms with Crippen molar-refractivity contribution in [3.63, 3.8) is 0 Å². The second kappa shape index (κ2) is 6.64. The normalized spacial score (nSPS) is 31.7. The Morgan fingerprint density at radius 2 is 1.91 bits per heavy atom. The predicted octanol–water partition coefficient (Wildman–Crippen LogP) is 2.80. The number of esters is 1. The summed E-state index contributed by atoms with van der Waals surface area (Å²) in [5.74, 6) is 0.395. The molecule has 1 aromatic carbocycles. The summed E-state index contributed by atoms with van der Waals surface area (Å²) in [4.78, 5) is 13.7. The number of hydrogen-bond donors (Lipinski definition) is 1. The van der Waals surface area contributed by atoms with Crippen LogP contribution in [0.25, 0.3) is 0 Å². The van der Waals surface area contributed by atoms with Crippen molar-refractivity contribution in [3.05, 3.63) is 35.9 Å². The molecule has 1 unspecified atom stereocenters. The number of carbonyl (C=O) groups excluding carboxylic acids is 1. The van der Waals surface area contributed by atoms with Crippen LogP contribution < -0.4 is 4.90 Å². The zero-order chi connectivity index (χ0) is 17.3. The van der Waals surface area contributed by atoms with Gasteiger partial charge in [0.15, 0.2) is 5.60 Å². The number of ether oxygens (including phenoxy) is 1. The van der Waals surface area contributed by atoms with Crippen LogP contribution in [0.2, 0.25) is 0 Å². The van der Waals surface area contributed by atoms with Crippen LogP contribution in [0.4, 0.5) is 0 Å². The highest BCUT2D eigenvalue weighted by Gasteiger charge is 2.53. The summed E-state index contributed by atoms with van der Waals surface area (Å²) in [7, 11) is 2.22. The SMILES string of the molecule is CCC(=O)O[C@@]1(c2ccccc2)C[C@@H](C(C)(C)C)C[NH+](C)[C@@H]1C. The van der Waals surface area contributed by atoms with E-state index in [9.17, 15) is 4.79 Å². The van der Waals surface area contributed by atoms with Crippen molar-refractivity contribution in [1.29, 1.82) is 0 Å². The van der Waals surface area contributed by atoms with Gasteiger partial charge in [0.25, 0.3) is 0 Å². The number of likely N-dealkylation sites (tertiary alicyclic amines) is 1. The van der Waals surface area contributed by atoms with Gasteiger partial charge in [-0.25, -0.2) is 0 Å². The van der Waals surface area contributed by atoms with Gasteiger partial charge < -0.3 is 9.64 Å². The molecule has 0 saturated carbocycles. The number of carbonyl (C=O) groups is 1. The molecular formula is C20H32NO2+. The summed E-state index contributed by atoms with van der Waals surface area (Å²) >= 11 is 0. The lowest BCUT2D eigenvalue weighted by molar-refractivity contribution is -0.924. The summed E-state index contributed by atoms with van der Waals surface area (Å²) in [6.07, 6.45) is 1.31. The van der Waals surface area contributed by atoms with Gasteiger partial charge in [0.1, 0.15) is 6.04 Å². The maximum atomic E-state index is 12.2. The van der Waals surface area contributed by atoms with Crippen molar-refractivity contribution in [2.24, 2.45) is 11.3 Å². The molecule has 128 valence electrons. The minimum atomic E-state index is -0.533. The number of likely N-dealkylation sites (N-methyl/N-ethyl adjacent to an activating group) is 1. The lowest BCUT2D eigenvalue weighted by Gasteiger charge is -2.50. The van der Waals surface area contributed by atoms with Crippen LogP contribution in [0.3, 0.4) is 0 Å². The van der Waals surface area contributed by atoms with Crippen LogP contribution in [0, 0.1) is 11.3 Å². The fraction of sp³-hybridized carbons (Fsp3) is 0.650. The van der Waals surface area contributed by atoms with Gasteiger partial charge in [-0.3, -0.25) is 4.79 Å². The van der Waals surface area contributed by atoms with Crippen LogP contribution in [-0.4, -0.2) is 25.6 Å². The highest BCUT2D eigenvalue weighted by Crippen LogP contribution is 2.43. The molecule has 0 spiro atoms. The fourth-order valence-corrected chi connectivity index (χ4v) is 3.74. The Hall–Kier alpha value is -1.35. The van der Waals surface area contributed by atoms with Crippen molar-refractivity contribution in [1.82, 2.24) is 0 Å². The molecule has 23 heavy (non-hydrogen) atoms. The molecule has 1 heterocycles. The Kier molecular flexibility index (Phi) is 5.20. The van der Waals surface area contributed by atoms with Crippen molar-refractivity contribution in [3.8, 4) is 0 Å². The standard InChI is InChI=1S/C20H31NO2/c1-7-18(22)23-20(16-11-9-8-10-12-16)13-17(19(3,4)5)14-21(6)15(20)2/h8-12,15,17H,7,13-14H2,1-6H3/p+1/t15-,17-,20+/m1/s1. The topological polar surface area (TPSA) is 30.7 Å². The van der Waals surface area contributed by atoms with E-state index in [2.05, 4.69) is 46.9 Å². The van der Waals surface area contributed by atoms with Gasteiger partial charge >= 0.3 is 5.97 Å². The predicted molar refractivity (Wildman–Crippen MR) is 93.3 cm³/mol. The first-order valence-electron chi connectivity index (χ1n) is 8.80. The first kappa shape index (κ1) is 18.0. The molecule has 0 aromatic heterocycles. The molecule has 1 aliphatic rings. The Balaban J connectivity index is 2.51. The third-order valence-corrected chi connectivity index (χ3v) is 5.63. The van der Waals surface area contributed by atoms with E-state index < -0.39 is 5.60 Å². The van der Waals surface area contributed by atoms with E-state index in [1.807, 2.05) is 25.1 Å². The van der Waals surface area contributed by atoms with Crippen LogP contribution in [0.1, 0.15) is 53.0 Å². The number of quaternary nitrogens is 1. The summed E-state index contributed by atoms with van der Waals surface area (Å²) in [5, 5.41) is 0. The summed E-state index contributed by atoms with van der Waals surface area (Å²) in [6, 6.07) is 10.6. The third-order valence-electron chi connectivity index (χ3n) is 5.63. The Labute approximate surface area is 141 Å². The molecule has 1 fully saturated rings. The molecule has 1 N–H and O–H groups in total. The lowest BCUT2D eigenvalue weighted by Crippen LogP contribution is -3.17. The molecule has 0 radical (unpaired) electrons. The monoisotopic (exact) mass is 318 g/mol. The number of nitrogens with one attached hydrogen (secondary N) is 1. The number of rotatable bonds is 3. The van der Waals surface area contributed by atoms with E-state index in [-0.39, 0.29) is 17.4 Å². The van der Waals surface area contributed by atoms with Crippen molar-refractivity contribution in [2.75, 3.05) is 13.6 Å². The molecule has 0 aliphatic carbocycles. The molecule has 3 heteroatoms. The third kappa shape index (κ3) is 3.60. The van der Waals surface area contributed by atoms with E-state index in [0.29, 0.717) is 12.3 Å². The van der Waals surface area contributed by atoms with Gasteiger partial charge in [0.05, 0.1) is 13.6 Å². The molecule has 3 nitrogen and oxygen atoms in total. The van der Waals surface area contributed by atoms with Crippen LogP contribution in [0.5, 0.6) is 0 Å². The van der Waals surface area contributed by atoms with Crippen molar-refractivity contribution < 1.29 is 14.4 Å². The maximum Gasteiger partial charge on any atom is 0.306 e. The second-order valence-electron chi connectivity index (χ2n) is 8.12. The molecule has 1 aliphatic heterocycles. The van der Waals surface area contributed by atoms with Gasteiger partial charge in [-0.1, -0.05) is 58.0 Å². The Morgan fingerprint density at radius 3 is 2.43 bits per heavy atom. The van der Waals surface area contributed by atoms with Gasteiger partial charge in [-0.2, -0.15) is 0 Å². The first-order valence-corrected chi connectivity index (χ1v) is 8.80. The molecular weight excluding hydrogens is 286 g/mol. The van der Waals surface area contributed by atoms with E-state index in [4.69, 9.17) is 4.74 Å². The highest BCUT2D eigenvalue weighted by atomic mass is 16.6. The molecule has 0 amide bonds. The van der Waals surface area contributed by atoms with E-state index in [0.717, 1.165) is 18.5 Å². The minimum Gasteiger partial charge on any atom is -0.448 e.